The number of fused-ring (bicyclic) bond motifs is 1. The molecule has 1 aliphatic rings. The van der Waals surface area contributed by atoms with Crippen LogP contribution >= 0.6 is 0 Å². The summed E-state index contributed by atoms with van der Waals surface area (Å²) in [6.45, 7) is 1.54. The van der Waals surface area contributed by atoms with Crippen LogP contribution in [0.25, 0.3) is 0 Å². The van der Waals surface area contributed by atoms with Crippen LogP contribution in [0.3, 0.4) is 0 Å². The van der Waals surface area contributed by atoms with Crippen molar-refractivity contribution in [3.8, 4) is 0 Å². The largest absolute Gasteiger partial charge is 0.438 e. The molecule has 0 bridgehead atoms. The first kappa shape index (κ1) is 14.6. The van der Waals surface area contributed by atoms with E-state index < -0.39 is 6.10 Å². The summed E-state index contributed by atoms with van der Waals surface area (Å²) in [5, 5.41) is 15.0. The molecule has 4 rings (SSSR count). The van der Waals surface area contributed by atoms with Crippen molar-refractivity contribution in [2.24, 2.45) is 0 Å². The average Bonchev–Trinajstić information content (AvgIpc) is 3.30. The second kappa shape index (κ2) is 5.93. The van der Waals surface area contributed by atoms with E-state index in [4.69, 9.17) is 4.42 Å². The number of aliphatic hydroxyl groups is 1. The minimum absolute atomic E-state index is 0.190. The van der Waals surface area contributed by atoms with Crippen LogP contribution in [0.1, 0.15) is 33.6 Å². The van der Waals surface area contributed by atoms with E-state index in [0.717, 1.165) is 11.3 Å². The third-order valence-corrected chi connectivity index (χ3v) is 4.14. The minimum Gasteiger partial charge on any atom is -0.438 e. The monoisotopic (exact) mass is 324 g/mol. The Morgan fingerprint density at radius 3 is 2.83 bits per heavy atom. The maximum absolute atomic E-state index is 12.3. The molecule has 0 spiro atoms. The van der Waals surface area contributed by atoms with E-state index in [1.165, 1.54) is 12.6 Å². The smallest absolute Gasteiger partial charge is 0.291 e. The summed E-state index contributed by atoms with van der Waals surface area (Å²) in [6.07, 6.45) is 1.89. The van der Waals surface area contributed by atoms with E-state index in [9.17, 15) is 9.90 Å². The van der Waals surface area contributed by atoms with E-state index in [1.807, 2.05) is 41.1 Å². The maximum Gasteiger partial charge on any atom is 0.291 e. The van der Waals surface area contributed by atoms with E-state index >= 15 is 0 Å². The Balaban J connectivity index is 1.55. The lowest BCUT2D eigenvalue weighted by Crippen LogP contribution is -2.38. The quantitative estimate of drug-likeness (QED) is 0.791. The molecule has 0 saturated heterocycles. The average molecular weight is 324 g/mol. The molecule has 24 heavy (non-hydrogen) atoms. The highest BCUT2D eigenvalue weighted by atomic mass is 16.3. The van der Waals surface area contributed by atoms with Gasteiger partial charge >= 0.3 is 0 Å². The molecular weight excluding hydrogens is 308 g/mol. The summed E-state index contributed by atoms with van der Waals surface area (Å²) >= 11 is 0. The number of aliphatic hydroxyl groups excluding tert-OH is 1. The first-order valence-corrected chi connectivity index (χ1v) is 7.70. The van der Waals surface area contributed by atoms with E-state index in [0.29, 0.717) is 25.3 Å². The Morgan fingerprint density at radius 2 is 2.08 bits per heavy atom. The van der Waals surface area contributed by atoms with Crippen molar-refractivity contribution in [2.75, 3.05) is 6.54 Å². The lowest BCUT2D eigenvalue weighted by atomic mass is 10.1. The summed E-state index contributed by atoms with van der Waals surface area (Å²) in [5.41, 5.74) is 2.27. The van der Waals surface area contributed by atoms with Crippen molar-refractivity contribution < 1.29 is 14.3 Å². The molecular formula is C17H16N4O3. The van der Waals surface area contributed by atoms with Crippen LogP contribution in [-0.2, 0) is 13.1 Å². The van der Waals surface area contributed by atoms with Gasteiger partial charge in [-0.1, -0.05) is 30.3 Å². The van der Waals surface area contributed by atoms with Gasteiger partial charge in [0.05, 0.1) is 30.7 Å². The summed E-state index contributed by atoms with van der Waals surface area (Å²) in [4.78, 5) is 17.8. The number of rotatable bonds is 3. The number of carbonyl (C=O) groups is 1. The molecule has 122 valence electrons. The van der Waals surface area contributed by atoms with Crippen LogP contribution in [0.2, 0.25) is 0 Å². The second-order valence-electron chi connectivity index (χ2n) is 5.69. The molecule has 3 aromatic rings. The minimum atomic E-state index is -0.775. The van der Waals surface area contributed by atoms with Crippen molar-refractivity contribution in [1.29, 1.82) is 0 Å². The zero-order valence-electron chi connectivity index (χ0n) is 12.9. The second-order valence-corrected chi connectivity index (χ2v) is 5.69. The fraction of sp³-hybridized carbons (Fsp3) is 0.235. The van der Waals surface area contributed by atoms with Gasteiger partial charge in [0.25, 0.3) is 5.91 Å². The number of aromatic nitrogens is 3. The van der Waals surface area contributed by atoms with Gasteiger partial charge in [0.15, 0.2) is 6.39 Å². The fourth-order valence-electron chi connectivity index (χ4n) is 2.88. The molecule has 0 fully saturated rings. The highest BCUT2D eigenvalue weighted by molar-refractivity contribution is 5.91. The Hall–Kier alpha value is -2.93. The topological polar surface area (TPSA) is 84.4 Å². The highest BCUT2D eigenvalue weighted by Crippen LogP contribution is 2.24. The fourth-order valence-corrected chi connectivity index (χ4v) is 2.88. The van der Waals surface area contributed by atoms with Crippen LogP contribution in [0.4, 0.5) is 0 Å². The summed E-state index contributed by atoms with van der Waals surface area (Å²) < 4.78 is 6.91. The molecule has 1 atom stereocenters. The van der Waals surface area contributed by atoms with E-state index in [-0.39, 0.29) is 11.7 Å². The van der Waals surface area contributed by atoms with Crippen molar-refractivity contribution in [2.45, 2.75) is 19.2 Å². The van der Waals surface area contributed by atoms with Gasteiger partial charge in [-0.2, -0.15) is 5.10 Å². The number of oxazole rings is 1. The summed E-state index contributed by atoms with van der Waals surface area (Å²) in [7, 11) is 0. The van der Waals surface area contributed by atoms with Crippen LogP contribution in [0.5, 0.6) is 0 Å². The predicted molar refractivity (Wildman–Crippen MR) is 84.0 cm³/mol. The molecule has 3 heterocycles. The predicted octanol–water partition coefficient (Wildman–Crippen LogP) is 1.61. The molecule has 0 radical (unpaired) electrons. The number of amides is 1. The van der Waals surface area contributed by atoms with Crippen molar-refractivity contribution in [1.82, 2.24) is 19.7 Å². The normalized spacial score (nSPS) is 15.1. The third-order valence-electron chi connectivity index (χ3n) is 4.14. The van der Waals surface area contributed by atoms with Crippen LogP contribution < -0.4 is 0 Å². The Morgan fingerprint density at radius 1 is 1.25 bits per heavy atom. The molecule has 1 aliphatic heterocycles. The lowest BCUT2D eigenvalue weighted by molar-refractivity contribution is 0.0673. The van der Waals surface area contributed by atoms with E-state index in [2.05, 4.69) is 10.1 Å². The molecule has 7 heteroatoms. The van der Waals surface area contributed by atoms with Crippen LogP contribution in [-0.4, -0.2) is 37.2 Å². The first-order chi connectivity index (χ1) is 11.7. The van der Waals surface area contributed by atoms with Gasteiger partial charge in [-0.15, -0.1) is 0 Å². The third kappa shape index (κ3) is 2.59. The number of carbonyl (C=O) groups excluding carboxylic acids is 1. The standard InChI is InChI=1S/C17H16N4O3/c22-16(12-4-2-1-3-5-12)14-8-13-10-20(6-7-21(13)19-14)17(23)15-9-18-11-24-15/h1-5,8-9,11,16,22H,6-7,10H2/t16-/m0/s1. The van der Waals surface area contributed by atoms with Crippen LogP contribution in [0, 0.1) is 0 Å². The van der Waals surface area contributed by atoms with Gasteiger partial charge in [-0.25, -0.2) is 4.98 Å². The van der Waals surface area contributed by atoms with Gasteiger partial charge in [-0.05, 0) is 11.6 Å². The Kier molecular flexibility index (Phi) is 3.62. The number of hydrogen-bond acceptors (Lipinski definition) is 5. The molecule has 1 amide bonds. The van der Waals surface area contributed by atoms with Gasteiger partial charge in [0, 0.05) is 6.54 Å². The molecule has 1 N–H and O–H groups in total. The molecule has 0 saturated carbocycles. The number of hydrogen-bond donors (Lipinski definition) is 1. The highest BCUT2D eigenvalue weighted by Gasteiger charge is 2.26. The molecule has 0 aliphatic carbocycles. The van der Waals surface area contributed by atoms with Gasteiger partial charge in [0.2, 0.25) is 5.76 Å². The van der Waals surface area contributed by atoms with Gasteiger partial charge in [-0.3, -0.25) is 9.48 Å². The van der Waals surface area contributed by atoms with Gasteiger partial charge < -0.3 is 14.4 Å². The molecule has 1 aromatic carbocycles. The SMILES string of the molecule is O=C(c1cnco1)N1CCn2nc([C@@H](O)c3ccccc3)cc2C1. The molecule has 2 aromatic heterocycles. The zero-order chi connectivity index (χ0) is 16.5. The Labute approximate surface area is 138 Å². The number of benzene rings is 1. The molecule has 7 nitrogen and oxygen atoms in total. The summed E-state index contributed by atoms with van der Waals surface area (Å²) in [5.74, 6) is 0.0395. The zero-order valence-corrected chi connectivity index (χ0v) is 12.9. The van der Waals surface area contributed by atoms with Crippen LogP contribution in [0.15, 0.2) is 53.4 Å². The van der Waals surface area contributed by atoms with E-state index in [1.54, 1.807) is 4.90 Å². The van der Waals surface area contributed by atoms with Crippen molar-refractivity contribution >= 4 is 5.91 Å². The lowest BCUT2D eigenvalue weighted by Gasteiger charge is -2.26. The van der Waals surface area contributed by atoms with Crippen molar-refractivity contribution in [3.05, 3.63) is 71.7 Å². The molecule has 0 unspecified atom stereocenters. The van der Waals surface area contributed by atoms with Gasteiger partial charge in [0.1, 0.15) is 6.10 Å². The maximum atomic E-state index is 12.3. The van der Waals surface area contributed by atoms with Crippen molar-refractivity contribution in [3.63, 3.8) is 0 Å². The summed E-state index contributed by atoms with van der Waals surface area (Å²) in [6, 6.07) is 11.2. The number of nitrogens with zero attached hydrogens (tertiary/aromatic N) is 4. The first-order valence-electron chi connectivity index (χ1n) is 7.70. The Bertz CT molecular complexity index is 842.